The number of carbonyl (C=O) groups is 1. The van der Waals surface area contributed by atoms with Gasteiger partial charge in [-0.3, -0.25) is 4.79 Å². The van der Waals surface area contributed by atoms with Crippen molar-refractivity contribution in [1.29, 1.82) is 0 Å². The zero-order chi connectivity index (χ0) is 11.3. The Labute approximate surface area is 97.2 Å². The van der Waals surface area contributed by atoms with Gasteiger partial charge in [0.2, 0.25) is 5.91 Å². The highest BCUT2D eigenvalue weighted by Crippen LogP contribution is 2.58. The Kier molecular flexibility index (Phi) is 2.08. The number of nitrogens with one attached hydrogen (secondary N) is 1. The van der Waals surface area contributed by atoms with Crippen LogP contribution >= 0.6 is 0 Å². The van der Waals surface area contributed by atoms with E-state index < -0.39 is 0 Å². The van der Waals surface area contributed by atoms with Crippen LogP contribution in [0.3, 0.4) is 0 Å². The van der Waals surface area contributed by atoms with Gasteiger partial charge in [0, 0.05) is 6.92 Å². The molecule has 16 heavy (non-hydrogen) atoms. The number of amides is 1. The number of rotatable bonds is 1. The second-order valence-electron chi connectivity index (χ2n) is 6.00. The first-order valence-electron chi connectivity index (χ1n) is 6.40. The average molecular weight is 217 g/mol. The van der Waals surface area contributed by atoms with Crippen LogP contribution < -0.4 is 5.32 Å². The Morgan fingerprint density at radius 3 is 2.06 bits per heavy atom. The minimum absolute atomic E-state index is 0.0328. The van der Waals surface area contributed by atoms with Gasteiger partial charge in [0.05, 0.1) is 0 Å². The molecule has 4 rings (SSSR count). The fourth-order valence-corrected chi connectivity index (χ4v) is 4.69. The van der Waals surface area contributed by atoms with E-state index in [1.807, 2.05) is 0 Å². The van der Waals surface area contributed by atoms with Crippen molar-refractivity contribution in [2.45, 2.75) is 44.6 Å². The molecule has 4 aliphatic carbocycles. The van der Waals surface area contributed by atoms with E-state index in [-0.39, 0.29) is 11.4 Å². The van der Waals surface area contributed by atoms with Crippen LogP contribution in [0.25, 0.3) is 0 Å². The van der Waals surface area contributed by atoms with E-state index >= 15 is 0 Å². The third kappa shape index (κ3) is 1.24. The van der Waals surface area contributed by atoms with Crippen molar-refractivity contribution in [1.82, 2.24) is 5.32 Å². The summed E-state index contributed by atoms with van der Waals surface area (Å²) in [6, 6.07) is 0. The molecule has 4 aliphatic rings. The molecule has 0 heterocycles. The molecular formula is C14H19NO. The van der Waals surface area contributed by atoms with Crippen LogP contribution in [0.4, 0.5) is 0 Å². The van der Waals surface area contributed by atoms with Crippen molar-refractivity contribution in [2.75, 3.05) is 0 Å². The summed E-state index contributed by atoms with van der Waals surface area (Å²) in [5.74, 6) is 5.85. The quantitative estimate of drug-likeness (QED) is 0.668. The first kappa shape index (κ1) is 10.2. The van der Waals surface area contributed by atoms with Crippen molar-refractivity contribution in [3.8, 4) is 12.3 Å². The van der Waals surface area contributed by atoms with Gasteiger partial charge >= 0.3 is 0 Å². The van der Waals surface area contributed by atoms with Crippen LogP contribution in [0.5, 0.6) is 0 Å². The summed E-state index contributed by atoms with van der Waals surface area (Å²) >= 11 is 0. The number of hydrogen-bond acceptors (Lipinski definition) is 1. The molecule has 86 valence electrons. The van der Waals surface area contributed by atoms with Gasteiger partial charge in [0.1, 0.15) is 5.54 Å². The Bertz CT molecular complexity index is 337. The molecule has 4 bridgehead atoms. The fraction of sp³-hybridized carbons (Fsp3) is 0.786. The molecule has 0 atom stereocenters. The van der Waals surface area contributed by atoms with Crippen LogP contribution in [-0.4, -0.2) is 11.4 Å². The largest absolute Gasteiger partial charge is 0.340 e. The molecule has 0 aromatic heterocycles. The fourth-order valence-electron chi connectivity index (χ4n) is 4.69. The summed E-state index contributed by atoms with van der Waals surface area (Å²) in [5, 5.41) is 3.11. The van der Waals surface area contributed by atoms with Crippen LogP contribution in [0.15, 0.2) is 0 Å². The molecule has 1 amide bonds. The van der Waals surface area contributed by atoms with Gasteiger partial charge in [-0.25, -0.2) is 0 Å². The Morgan fingerprint density at radius 1 is 1.19 bits per heavy atom. The maximum absolute atomic E-state index is 11.4. The SMILES string of the molecule is C#CC1(NC(C)=O)C2CC3CC(C2)CC1C3. The predicted molar refractivity (Wildman–Crippen MR) is 62.4 cm³/mol. The molecule has 0 aromatic rings. The van der Waals surface area contributed by atoms with E-state index in [0.717, 1.165) is 11.8 Å². The smallest absolute Gasteiger partial charge is 0.218 e. The summed E-state index contributed by atoms with van der Waals surface area (Å²) in [4.78, 5) is 11.4. The molecule has 2 heteroatoms. The van der Waals surface area contributed by atoms with Crippen LogP contribution in [0, 0.1) is 36.0 Å². The highest BCUT2D eigenvalue weighted by atomic mass is 16.1. The lowest BCUT2D eigenvalue weighted by molar-refractivity contribution is -0.125. The molecule has 2 nitrogen and oxygen atoms in total. The standard InChI is InChI=1S/C14H19NO/c1-3-14(15-9(2)16)12-5-10-4-11(7-12)8-13(14)6-10/h1,10-13H,4-8H2,2H3,(H,15,16). The van der Waals surface area contributed by atoms with E-state index in [0.29, 0.717) is 11.8 Å². The van der Waals surface area contributed by atoms with Crippen molar-refractivity contribution in [2.24, 2.45) is 23.7 Å². The predicted octanol–water partition coefficient (Wildman–Crippen LogP) is 1.95. The van der Waals surface area contributed by atoms with E-state index in [1.165, 1.54) is 32.1 Å². The zero-order valence-electron chi connectivity index (χ0n) is 9.83. The van der Waals surface area contributed by atoms with Crippen LogP contribution in [0.1, 0.15) is 39.0 Å². The molecule has 0 unspecified atom stereocenters. The molecule has 0 aromatic carbocycles. The van der Waals surface area contributed by atoms with Crippen molar-refractivity contribution >= 4 is 5.91 Å². The van der Waals surface area contributed by atoms with Crippen molar-refractivity contribution < 1.29 is 4.79 Å². The van der Waals surface area contributed by atoms with Crippen molar-refractivity contribution in [3.05, 3.63) is 0 Å². The van der Waals surface area contributed by atoms with E-state index in [2.05, 4.69) is 11.2 Å². The molecule has 0 radical (unpaired) electrons. The summed E-state index contributed by atoms with van der Waals surface area (Å²) in [6.45, 7) is 1.59. The zero-order valence-corrected chi connectivity index (χ0v) is 9.83. The van der Waals surface area contributed by atoms with Crippen LogP contribution in [-0.2, 0) is 4.79 Å². The van der Waals surface area contributed by atoms with Gasteiger partial charge < -0.3 is 5.32 Å². The van der Waals surface area contributed by atoms with Gasteiger partial charge in [-0.1, -0.05) is 5.92 Å². The van der Waals surface area contributed by atoms with E-state index in [4.69, 9.17) is 6.42 Å². The molecule has 0 aliphatic heterocycles. The number of hydrogen-bond donors (Lipinski definition) is 1. The lowest BCUT2D eigenvalue weighted by Crippen LogP contribution is -2.65. The van der Waals surface area contributed by atoms with Gasteiger partial charge in [-0.05, 0) is 55.8 Å². The molecule has 4 fully saturated rings. The first-order valence-corrected chi connectivity index (χ1v) is 6.40. The first-order chi connectivity index (χ1) is 7.64. The summed E-state index contributed by atoms with van der Waals surface area (Å²) in [7, 11) is 0. The summed E-state index contributed by atoms with van der Waals surface area (Å²) < 4.78 is 0. The molecule has 4 saturated carbocycles. The van der Waals surface area contributed by atoms with Crippen molar-refractivity contribution in [3.63, 3.8) is 0 Å². The van der Waals surface area contributed by atoms with Crippen LogP contribution in [0.2, 0.25) is 0 Å². The monoisotopic (exact) mass is 217 g/mol. The second-order valence-corrected chi connectivity index (χ2v) is 6.00. The third-order valence-corrected chi connectivity index (χ3v) is 5.05. The second kappa shape index (κ2) is 3.26. The Balaban J connectivity index is 1.94. The minimum atomic E-state index is -0.306. The lowest BCUT2D eigenvalue weighted by atomic mass is 9.48. The average Bonchev–Trinajstić information content (AvgIpc) is 2.22. The van der Waals surface area contributed by atoms with Gasteiger partial charge in [-0.15, -0.1) is 6.42 Å². The van der Waals surface area contributed by atoms with E-state index in [1.54, 1.807) is 6.92 Å². The summed E-state index contributed by atoms with van der Waals surface area (Å²) in [5.41, 5.74) is -0.306. The summed E-state index contributed by atoms with van der Waals surface area (Å²) in [6.07, 6.45) is 12.1. The highest BCUT2D eigenvalue weighted by molar-refractivity contribution is 5.74. The molecule has 0 saturated heterocycles. The Morgan fingerprint density at radius 2 is 1.69 bits per heavy atom. The topological polar surface area (TPSA) is 29.1 Å². The third-order valence-electron chi connectivity index (χ3n) is 5.05. The highest BCUT2D eigenvalue weighted by Gasteiger charge is 2.56. The molecular weight excluding hydrogens is 198 g/mol. The number of terminal acetylenes is 1. The van der Waals surface area contributed by atoms with Gasteiger partial charge in [0.15, 0.2) is 0 Å². The maximum atomic E-state index is 11.4. The Hall–Kier alpha value is -0.970. The molecule has 1 N–H and O–H groups in total. The maximum Gasteiger partial charge on any atom is 0.218 e. The van der Waals surface area contributed by atoms with Gasteiger partial charge in [-0.2, -0.15) is 0 Å². The normalized spacial score (nSPS) is 48.8. The minimum Gasteiger partial charge on any atom is -0.340 e. The lowest BCUT2D eigenvalue weighted by Gasteiger charge is -2.59. The molecule has 0 spiro atoms. The van der Waals surface area contributed by atoms with E-state index in [9.17, 15) is 4.79 Å². The van der Waals surface area contributed by atoms with Gasteiger partial charge in [0.25, 0.3) is 0 Å². The number of carbonyl (C=O) groups excluding carboxylic acids is 1.